The predicted molar refractivity (Wildman–Crippen MR) is 75.5 cm³/mol. The van der Waals surface area contributed by atoms with Crippen LogP contribution in [-0.2, 0) is 12.8 Å². The van der Waals surface area contributed by atoms with Gasteiger partial charge >= 0.3 is 0 Å². The van der Waals surface area contributed by atoms with Crippen molar-refractivity contribution in [2.75, 3.05) is 6.61 Å². The lowest BCUT2D eigenvalue weighted by atomic mass is 10.00. The molecular weight excluding hydrogens is 238 g/mol. The zero-order valence-corrected chi connectivity index (χ0v) is 11.9. The van der Waals surface area contributed by atoms with Crippen molar-refractivity contribution < 1.29 is 4.74 Å². The molecule has 0 atom stereocenters. The zero-order valence-electron chi connectivity index (χ0n) is 11.9. The number of nitrogens with zero attached hydrogens (tertiary/aromatic N) is 2. The van der Waals surface area contributed by atoms with Gasteiger partial charge in [-0.2, -0.15) is 15.4 Å². The second-order valence-electron chi connectivity index (χ2n) is 4.85. The highest BCUT2D eigenvalue weighted by Gasteiger charge is 2.06. The lowest BCUT2D eigenvalue weighted by Crippen LogP contribution is -2.01. The summed E-state index contributed by atoms with van der Waals surface area (Å²) < 4.78 is 5.74. The molecule has 4 nitrogen and oxygen atoms in total. The van der Waals surface area contributed by atoms with Crippen LogP contribution in [0.4, 0.5) is 0 Å². The number of rotatable bonds is 6. The molecule has 2 rings (SSSR count). The van der Waals surface area contributed by atoms with E-state index in [4.69, 9.17) is 4.74 Å². The van der Waals surface area contributed by atoms with Gasteiger partial charge < -0.3 is 4.74 Å². The molecule has 0 aliphatic heterocycles. The second kappa shape index (κ2) is 6.36. The molecule has 0 bridgehead atoms. The number of benzene rings is 1. The summed E-state index contributed by atoms with van der Waals surface area (Å²) in [5.74, 6) is 1.00. The molecule has 0 aliphatic carbocycles. The molecule has 1 N–H and O–H groups in total. The summed E-state index contributed by atoms with van der Waals surface area (Å²) in [6, 6.07) is 4.36. The monoisotopic (exact) mass is 259 g/mol. The highest BCUT2D eigenvalue weighted by Crippen LogP contribution is 2.24. The smallest absolute Gasteiger partial charge is 0.122 e. The van der Waals surface area contributed by atoms with E-state index in [0.29, 0.717) is 0 Å². The molecular formula is C15H21N3O. The molecule has 1 aromatic heterocycles. The molecule has 0 radical (unpaired) electrons. The molecule has 0 fully saturated rings. The fourth-order valence-corrected chi connectivity index (χ4v) is 2.09. The van der Waals surface area contributed by atoms with Gasteiger partial charge in [-0.1, -0.05) is 13.0 Å². The molecule has 0 amide bonds. The molecule has 2 aromatic rings. The Morgan fingerprint density at radius 1 is 1.16 bits per heavy atom. The first-order valence-corrected chi connectivity index (χ1v) is 6.78. The minimum Gasteiger partial charge on any atom is -0.493 e. The van der Waals surface area contributed by atoms with Gasteiger partial charge in [-0.25, -0.2) is 0 Å². The van der Waals surface area contributed by atoms with E-state index < -0.39 is 0 Å². The van der Waals surface area contributed by atoms with Gasteiger partial charge in [0, 0.05) is 0 Å². The van der Waals surface area contributed by atoms with Crippen molar-refractivity contribution in [2.24, 2.45) is 0 Å². The normalized spacial score (nSPS) is 10.7. The average molecular weight is 259 g/mol. The van der Waals surface area contributed by atoms with E-state index >= 15 is 0 Å². The Bertz CT molecular complexity index is 520. The second-order valence-corrected chi connectivity index (χ2v) is 4.85. The Balaban J connectivity index is 2.07. The van der Waals surface area contributed by atoms with Gasteiger partial charge in [0.2, 0.25) is 0 Å². The number of nitrogens with one attached hydrogen (secondary N) is 1. The first-order valence-electron chi connectivity index (χ1n) is 6.78. The zero-order chi connectivity index (χ0) is 13.7. The maximum Gasteiger partial charge on any atom is 0.122 e. The van der Waals surface area contributed by atoms with E-state index in [1.165, 1.54) is 16.7 Å². The summed E-state index contributed by atoms with van der Waals surface area (Å²) in [5.41, 5.74) is 4.84. The molecule has 0 saturated heterocycles. The van der Waals surface area contributed by atoms with Gasteiger partial charge in [0.1, 0.15) is 5.75 Å². The largest absolute Gasteiger partial charge is 0.493 e. The standard InChI is InChI=1S/C15H21N3O/c1-4-7-19-15-9-11(2)13(8-12(15)3)5-6-14-10-16-18-17-14/h8-10H,4-7H2,1-3H3,(H,16,17,18). The summed E-state index contributed by atoms with van der Waals surface area (Å²) in [5, 5.41) is 10.6. The Kier molecular flexibility index (Phi) is 4.55. The van der Waals surface area contributed by atoms with Crippen LogP contribution >= 0.6 is 0 Å². The molecule has 1 aromatic carbocycles. The Labute approximate surface area is 114 Å². The van der Waals surface area contributed by atoms with Crippen molar-refractivity contribution in [3.63, 3.8) is 0 Å². The first-order chi connectivity index (χ1) is 9.20. The van der Waals surface area contributed by atoms with Crippen molar-refractivity contribution in [3.8, 4) is 5.75 Å². The number of H-pyrrole nitrogens is 1. The number of hydrogen-bond acceptors (Lipinski definition) is 3. The third-order valence-corrected chi connectivity index (χ3v) is 3.21. The van der Waals surface area contributed by atoms with E-state index in [1.54, 1.807) is 6.20 Å². The minimum atomic E-state index is 0.776. The van der Waals surface area contributed by atoms with Crippen LogP contribution < -0.4 is 4.74 Å². The maximum absolute atomic E-state index is 5.74. The quantitative estimate of drug-likeness (QED) is 0.867. The van der Waals surface area contributed by atoms with E-state index in [-0.39, 0.29) is 0 Å². The van der Waals surface area contributed by atoms with Crippen LogP contribution in [0.1, 0.15) is 35.7 Å². The van der Waals surface area contributed by atoms with Crippen molar-refractivity contribution in [3.05, 3.63) is 40.7 Å². The summed E-state index contributed by atoms with van der Waals surface area (Å²) in [6.45, 7) is 7.13. The van der Waals surface area contributed by atoms with Crippen LogP contribution in [0.2, 0.25) is 0 Å². The Hall–Kier alpha value is -1.84. The van der Waals surface area contributed by atoms with Crippen LogP contribution in [0.25, 0.3) is 0 Å². The van der Waals surface area contributed by atoms with Gasteiger partial charge in [-0.05, 0) is 55.9 Å². The van der Waals surface area contributed by atoms with Crippen molar-refractivity contribution in [2.45, 2.75) is 40.0 Å². The maximum atomic E-state index is 5.74. The highest BCUT2D eigenvalue weighted by molar-refractivity contribution is 5.41. The molecule has 1 heterocycles. The van der Waals surface area contributed by atoms with Crippen LogP contribution in [-0.4, -0.2) is 22.0 Å². The highest BCUT2D eigenvalue weighted by atomic mass is 16.5. The molecule has 0 spiro atoms. The number of ether oxygens (including phenoxy) is 1. The summed E-state index contributed by atoms with van der Waals surface area (Å²) >= 11 is 0. The first kappa shape index (κ1) is 13.6. The van der Waals surface area contributed by atoms with Crippen molar-refractivity contribution in [1.82, 2.24) is 15.4 Å². The number of aromatic amines is 1. The van der Waals surface area contributed by atoms with Crippen molar-refractivity contribution in [1.29, 1.82) is 0 Å². The Morgan fingerprint density at radius 3 is 2.68 bits per heavy atom. The molecule has 102 valence electrons. The summed E-state index contributed by atoms with van der Waals surface area (Å²) in [4.78, 5) is 0. The van der Waals surface area contributed by atoms with Crippen LogP contribution in [0.3, 0.4) is 0 Å². The molecule has 0 unspecified atom stereocenters. The van der Waals surface area contributed by atoms with E-state index in [0.717, 1.165) is 37.3 Å². The van der Waals surface area contributed by atoms with Crippen molar-refractivity contribution >= 4 is 0 Å². The van der Waals surface area contributed by atoms with Gasteiger partial charge in [0.25, 0.3) is 0 Å². The van der Waals surface area contributed by atoms with Crippen LogP contribution in [0.5, 0.6) is 5.75 Å². The third-order valence-electron chi connectivity index (χ3n) is 3.21. The lowest BCUT2D eigenvalue weighted by molar-refractivity contribution is 0.315. The number of aryl methyl sites for hydroxylation is 4. The molecule has 19 heavy (non-hydrogen) atoms. The van der Waals surface area contributed by atoms with Gasteiger partial charge in [0.15, 0.2) is 0 Å². The summed E-state index contributed by atoms with van der Waals surface area (Å²) in [6.07, 6.45) is 4.70. The molecule has 0 aliphatic rings. The number of hydrogen-bond donors (Lipinski definition) is 1. The topological polar surface area (TPSA) is 50.8 Å². The van der Waals surface area contributed by atoms with Gasteiger partial charge in [-0.3, -0.25) is 0 Å². The third kappa shape index (κ3) is 3.56. The van der Waals surface area contributed by atoms with Crippen LogP contribution in [0, 0.1) is 13.8 Å². The average Bonchev–Trinajstić information content (AvgIpc) is 2.91. The Morgan fingerprint density at radius 2 is 2.00 bits per heavy atom. The van der Waals surface area contributed by atoms with Crippen LogP contribution in [0.15, 0.2) is 18.3 Å². The predicted octanol–water partition coefficient (Wildman–Crippen LogP) is 3.00. The van der Waals surface area contributed by atoms with E-state index in [1.807, 2.05) is 0 Å². The summed E-state index contributed by atoms with van der Waals surface area (Å²) in [7, 11) is 0. The number of aromatic nitrogens is 3. The SMILES string of the molecule is CCCOc1cc(C)c(CCc2cn[nH]n2)cc1C. The lowest BCUT2D eigenvalue weighted by Gasteiger charge is -2.12. The molecule has 0 saturated carbocycles. The van der Waals surface area contributed by atoms with Gasteiger partial charge in [0.05, 0.1) is 18.5 Å². The fraction of sp³-hybridized carbons (Fsp3) is 0.467. The molecule has 4 heteroatoms. The van der Waals surface area contributed by atoms with E-state index in [2.05, 4.69) is 48.3 Å². The van der Waals surface area contributed by atoms with Gasteiger partial charge in [-0.15, -0.1) is 0 Å². The fourth-order valence-electron chi connectivity index (χ4n) is 2.09. The minimum absolute atomic E-state index is 0.776. The van der Waals surface area contributed by atoms with E-state index in [9.17, 15) is 0 Å².